The van der Waals surface area contributed by atoms with Gasteiger partial charge in [-0.3, -0.25) is 0 Å². The van der Waals surface area contributed by atoms with Gasteiger partial charge < -0.3 is 9.97 Å². The second-order valence-corrected chi connectivity index (χ2v) is 20.7. The summed E-state index contributed by atoms with van der Waals surface area (Å²) in [5, 5.41) is 0. The molecule has 2 aliphatic heterocycles. The monoisotopic (exact) mass is 883 g/mol. The fourth-order valence-corrected chi connectivity index (χ4v) is 16.0. The Balaban J connectivity index is 0.00000376. The molecule has 12 aliphatic carbocycles. The van der Waals surface area contributed by atoms with Gasteiger partial charge in [0, 0.05) is 47.3 Å². The standard InChI is InChI=1S/C60H44N4.Cu/c1-2-10-30-29(9-1)37-17-18-38(30)54-46-26-48-56-40-21-22-42(34-14-6-5-13-33(34)40)58(56)50(63-48)28-52-60-44-24-23-43(35-15-7-8-16-36(35)44)59(60)51(64-52)27-49-57-41-20-19-39(31-11-3-4-12-32(31)41)55(57)47(62-49)25-45(61-46)53(37)54;/h1-16,25-28,37-44H,17-24H2;/q-2;+2. The molecule has 0 saturated heterocycles. The van der Waals surface area contributed by atoms with Crippen molar-refractivity contribution < 1.29 is 17.1 Å². The van der Waals surface area contributed by atoms with Gasteiger partial charge in [-0.1, -0.05) is 144 Å². The number of allylic oxidation sites excluding steroid dienone is 4. The summed E-state index contributed by atoms with van der Waals surface area (Å²) in [5.74, 6) is 2.65. The molecule has 1 radical (unpaired) electrons. The first kappa shape index (κ1) is 36.2. The number of rotatable bonds is 0. The summed E-state index contributed by atoms with van der Waals surface area (Å²) < 4.78 is 0. The summed E-state index contributed by atoms with van der Waals surface area (Å²) in [5.41, 5.74) is 32.5. The van der Waals surface area contributed by atoms with Gasteiger partial charge in [0.1, 0.15) is 0 Å². The number of fused-ring (bicyclic) bond motifs is 12. The van der Waals surface area contributed by atoms with Crippen molar-refractivity contribution in [3.63, 3.8) is 0 Å². The van der Waals surface area contributed by atoms with Gasteiger partial charge in [0.15, 0.2) is 0 Å². The van der Waals surface area contributed by atoms with Crippen LogP contribution < -0.4 is 9.97 Å². The Kier molecular flexibility index (Phi) is 7.06. The van der Waals surface area contributed by atoms with Gasteiger partial charge in [-0.05, 0) is 118 Å². The Morgan fingerprint density at radius 1 is 0.292 bits per heavy atom. The Morgan fingerprint density at radius 3 is 0.723 bits per heavy atom. The number of hydrogen-bond donors (Lipinski definition) is 0. The maximum absolute atomic E-state index is 5.82. The maximum Gasteiger partial charge on any atom is 2.00 e. The van der Waals surface area contributed by atoms with Crippen LogP contribution in [0.2, 0.25) is 0 Å². The largest absolute Gasteiger partial charge is 2.00 e. The number of benzene rings is 4. The van der Waals surface area contributed by atoms with E-state index in [1.54, 1.807) is 0 Å². The molecule has 4 nitrogen and oxygen atoms in total. The van der Waals surface area contributed by atoms with Gasteiger partial charge >= 0.3 is 17.1 Å². The Hall–Kier alpha value is -6.00. The Bertz CT molecular complexity index is 3140. The molecule has 4 aromatic carbocycles. The summed E-state index contributed by atoms with van der Waals surface area (Å²) in [6, 6.07) is 46.9. The molecule has 0 amide bonds. The van der Waals surface area contributed by atoms with Gasteiger partial charge in [0.25, 0.3) is 0 Å². The summed E-state index contributed by atoms with van der Waals surface area (Å²) in [4.78, 5) is 23.3. The quantitative estimate of drug-likeness (QED) is 0.142. The smallest absolute Gasteiger partial charge is 0.657 e. The molecule has 5 heteroatoms. The van der Waals surface area contributed by atoms with Gasteiger partial charge in [-0.2, -0.15) is 0 Å². The molecule has 315 valence electrons. The van der Waals surface area contributed by atoms with E-state index in [4.69, 9.17) is 19.9 Å². The summed E-state index contributed by atoms with van der Waals surface area (Å²) in [7, 11) is 0. The topological polar surface area (TPSA) is 54.0 Å². The van der Waals surface area contributed by atoms with E-state index >= 15 is 0 Å². The van der Waals surface area contributed by atoms with E-state index in [0.29, 0.717) is 47.3 Å². The van der Waals surface area contributed by atoms with Crippen LogP contribution in [0.15, 0.2) is 121 Å². The van der Waals surface area contributed by atoms with Crippen LogP contribution in [0.5, 0.6) is 0 Å². The van der Waals surface area contributed by atoms with Crippen molar-refractivity contribution in [2.45, 2.75) is 98.7 Å². The fraction of sp³-hybridized carbons (Fsp3) is 0.267. The van der Waals surface area contributed by atoms with Gasteiger partial charge in [-0.25, -0.2) is 9.97 Å². The molecular weight excluding hydrogens is 840 g/mol. The molecule has 7 aromatic rings. The first-order chi connectivity index (χ1) is 31.7. The van der Waals surface area contributed by atoms with Crippen LogP contribution in [-0.2, 0) is 17.1 Å². The SMILES string of the molecule is [Cu+2].c1ccc2c(c1)C1CCC2C2=C1c1cc3[n-]c(cc4nc(cc5[n-]c(cc2n1)c1c5C2CCC1c1ccccc12)C1=C4C2CCC1c1ccccc12)c1c3C2CCC1c1ccccc12. The van der Waals surface area contributed by atoms with Gasteiger partial charge in [0.05, 0.1) is 22.8 Å². The normalized spacial score (nSPS) is 27.0. The van der Waals surface area contributed by atoms with E-state index in [0.717, 1.165) is 96.2 Å². The first-order valence-corrected chi connectivity index (χ1v) is 24.3. The zero-order valence-corrected chi connectivity index (χ0v) is 36.9. The summed E-state index contributed by atoms with van der Waals surface area (Å²) in [6.07, 6.45) is 9.29. The van der Waals surface area contributed by atoms with Crippen molar-refractivity contribution >= 4 is 44.4 Å². The van der Waals surface area contributed by atoms with E-state index in [2.05, 4.69) is 121 Å². The minimum Gasteiger partial charge on any atom is -0.657 e. The van der Waals surface area contributed by atoms with Crippen molar-refractivity contribution in [3.05, 3.63) is 211 Å². The predicted molar refractivity (Wildman–Crippen MR) is 254 cm³/mol. The third-order valence-electron chi connectivity index (χ3n) is 18.2. The van der Waals surface area contributed by atoms with Crippen LogP contribution >= 0.6 is 0 Å². The zero-order valence-electron chi connectivity index (χ0n) is 35.9. The maximum atomic E-state index is 5.82. The average molecular weight is 885 g/mol. The Labute approximate surface area is 388 Å². The molecular formula is C60H44CuN4. The third-order valence-corrected chi connectivity index (χ3v) is 18.2. The van der Waals surface area contributed by atoms with E-state index in [1.807, 2.05) is 0 Å². The van der Waals surface area contributed by atoms with Crippen molar-refractivity contribution in [1.29, 1.82) is 0 Å². The predicted octanol–water partition coefficient (Wildman–Crippen LogP) is 13.5. The van der Waals surface area contributed by atoms with E-state index in [1.165, 1.54) is 89.1 Å². The van der Waals surface area contributed by atoms with Gasteiger partial charge in [-0.15, -0.1) is 22.1 Å². The van der Waals surface area contributed by atoms with Crippen molar-refractivity contribution in [2.24, 2.45) is 0 Å². The van der Waals surface area contributed by atoms with Crippen LogP contribution in [0.25, 0.3) is 44.4 Å². The second-order valence-electron chi connectivity index (χ2n) is 20.7. The minimum atomic E-state index is 0. The molecule has 0 spiro atoms. The molecule has 16 bridgehead atoms. The third kappa shape index (κ3) is 4.46. The van der Waals surface area contributed by atoms with Crippen LogP contribution in [0.3, 0.4) is 0 Å². The van der Waals surface area contributed by atoms with Crippen LogP contribution in [0, 0.1) is 0 Å². The second kappa shape index (κ2) is 12.7. The minimum absolute atomic E-state index is 0. The molecule has 0 saturated carbocycles. The van der Waals surface area contributed by atoms with Crippen molar-refractivity contribution in [2.75, 3.05) is 0 Å². The molecule has 21 rings (SSSR count). The molecule has 8 unspecified atom stereocenters. The molecule has 8 atom stereocenters. The first-order valence-electron chi connectivity index (χ1n) is 24.3. The van der Waals surface area contributed by atoms with Crippen LogP contribution in [-0.4, -0.2) is 9.97 Å². The summed E-state index contributed by atoms with van der Waals surface area (Å²) >= 11 is 0. The van der Waals surface area contributed by atoms with E-state index in [9.17, 15) is 0 Å². The molecule has 5 heterocycles. The van der Waals surface area contributed by atoms with Crippen molar-refractivity contribution in [1.82, 2.24) is 19.9 Å². The number of hydrogen-bond acceptors (Lipinski definition) is 2. The average Bonchev–Trinajstić information content (AvgIpc) is 4.13. The van der Waals surface area contributed by atoms with Crippen LogP contribution in [0.4, 0.5) is 0 Å². The van der Waals surface area contributed by atoms with Crippen LogP contribution in [0.1, 0.15) is 188 Å². The fourth-order valence-electron chi connectivity index (χ4n) is 16.0. The molecule has 14 aliphatic rings. The molecule has 0 N–H and O–H groups in total. The van der Waals surface area contributed by atoms with Gasteiger partial charge in [0.2, 0.25) is 0 Å². The van der Waals surface area contributed by atoms with E-state index in [-0.39, 0.29) is 17.1 Å². The van der Waals surface area contributed by atoms with E-state index < -0.39 is 0 Å². The molecule has 65 heavy (non-hydrogen) atoms. The van der Waals surface area contributed by atoms with Crippen molar-refractivity contribution in [3.8, 4) is 0 Å². The zero-order chi connectivity index (χ0) is 41.1. The Morgan fingerprint density at radius 2 is 0.492 bits per heavy atom. The number of aromatic nitrogens is 4. The number of nitrogens with zero attached hydrogens (tertiary/aromatic N) is 4. The molecule has 0 fully saturated rings. The summed E-state index contributed by atoms with van der Waals surface area (Å²) in [6.45, 7) is 0. The molecule has 3 aromatic heterocycles.